The number of aliphatic hydroxyl groups is 1. The summed E-state index contributed by atoms with van der Waals surface area (Å²) in [6.45, 7) is 0.154. The molecule has 1 aliphatic rings. The van der Waals surface area contributed by atoms with Crippen molar-refractivity contribution >= 4 is 17.0 Å². The van der Waals surface area contributed by atoms with E-state index >= 15 is 0 Å². The molecule has 1 saturated heterocycles. The van der Waals surface area contributed by atoms with Gasteiger partial charge in [-0.25, -0.2) is 15.0 Å². The Bertz CT molecular complexity index is 542. The van der Waals surface area contributed by atoms with E-state index < -0.39 is 6.29 Å². The number of anilines is 1. The lowest BCUT2D eigenvalue weighted by molar-refractivity contribution is -0.0980. The van der Waals surface area contributed by atoms with Gasteiger partial charge in [0.1, 0.15) is 11.8 Å². The minimum absolute atomic E-state index is 0.180. The van der Waals surface area contributed by atoms with Crippen molar-refractivity contribution in [2.45, 2.75) is 12.5 Å². The number of imidazole rings is 1. The third kappa shape index (κ3) is 1.62. The maximum absolute atomic E-state index is 8.92. The first-order valence-corrected chi connectivity index (χ1v) is 5.10. The van der Waals surface area contributed by atoms with Gasteiger partial charge in [-0.3, -0.25) is 4.57 Å². The molecule has 0 amide bonds. The number of ether oxygens (including phenoxy) is 2. The maximum atomic E-state index is 8.92. The van der Waals surface area contributed by atoms with Gasteiger partial charge in [-0.1, -0.05) is 0 Å². The molecule has 1 unspecified atom stereocenters. The summed E-state index contributed by atoms with van der Waals surface area (Å²) in [5.41, 5.74) is 6.80. The van der Waals surface area contributed by atoms with Crippen molar-refractivity contribution in [2.24, 2.45) is 0 Å². The summed E-state index contributed by atoms with van der Waals surface area (Å²) >= 11 is 0. The molecule has 17 heavy (non-hydrogen) atoms. The van der Waals surface area contributed by atoms with Gasteiger partial charge >= 0.3 is 0 Å². The van der Waals surface area contributed by atoms with Gasteiger partial charge in [0.05, 0.1) is 19.5 Å². The molecular formula is C9H11N5O3. The van der Waals surface area contributed by atoms with Gasteiger partial charge in [-0.2, -0.15) is 0 Å². The fourth-order valence-corrected chi connectivity index (χ4v) is 1.77. The smallest absolute Gasteiger partial charge is 0.183 e. The third-order valence-corrected chi connectivity index (χ3v) is 2.58. The Hall–Kier alpha value is -1.77. The monoisotopic (exact) mass is 237 g/mol. The summed E-state index contributed by atoms with van der Waals surface area (Å²) in [6, 6.07) is 0. The van der Waals surface area contributed by atoms with Crippen LogP contribution in [0.3, 0.4) is 0 Å². The van der Waals surface area contributed by atoms with E-state index in [0.29, 0.717) is 23.6 Å². The highest BCUT2D eigenvalue weighted by atomic mass is 16.7. The van der Waals surface area contributed by atoms with Crippen molar-refractivity contribution < 1.29 is 14.6 Å². The number of aliphatic hydroxyl groups excluding tert-OH is 1. The quantitative estimate of drug-likeness (QED) is 0.708. The number of aromatic nitrogens is 4. The summed E-state index contributed by atoms with van der Waals surface area (Å²) in [7, 11) is 0. The SMILES string of the molecule is Nc1ncnc2c1ncn2C1CO[C@H](CO)O1. The molecule has 3 N–H and O–H groups in total. The van der Waals surface area contributed by atoms with Crippen molar-refractivity contribution in [3.05, 3.63) is 12.7 Å². The lowest BCUT2D eigenvalue weighted by atomic mass is 10.5. The molecule has 2 aromatic rings. The van der Waals surface area contributed by atoms with E-state index in [4.69, 9.17) is 20.3 Å². The highest BCUT2D eigenvalue weighted by molar-refractivity contribution is 5.81. The average molecular weight is 237 g/mol. The van der Waals surface area contributed by atoms with Crippen LogP contribution in [0.25, 0.3) is 11.2 Å². The van der Waals surface area contributed by atoms with Crippen LogP contribution < -0.4 is 5.73 Å². The number of hydrogen-bond donors (Lipinski definition) is 2. The van der Waals surface area contributed by atoms with Crippen LogP contribution in [-0.4, -0.2) is 44.1 Å². The Kier molecular flexibility index (Phi) is 2.39. The van der Waals surface area contributed by atoms with E-state index in [1.54, 1.807) is 10.9 Å². The first-order chi connectivity index (χ1) is 8.29. The minimum Gasteiger partial charge on any atom is -0.391 e. The Morgan fingerprint density at radius 3 is 3.12 bits per heavy atom. The Balaban J connectivity index is 1.99. The second-order valence-corrected chi connectivity index (χ2v) is 3.62. The van der Waals surface area contributed by atoms with E-state index in [0.717, 1.165) is 0 Å². The highest BCUT2D eigenvalue weighted by Crippen LogP contribution is 2.25. The van der Waals surface area contributed by atoms with Crippen LogP contribution in [0.1, 0.15) is 6.23 Å². The first-order valence-electron chi connectivity index (χ1n) is 5.10. The van der Waals surface area contributed by atoms with E-state index in [1.807, 2.05) is 0 Å². The Morgan fingerprint density at radius 2 is 2.35 bits per heavy atom. The summed E-state index contributed by atoms with van der Waals surface area (Å²) in [4.78, 5) is 12.1. The lowest BCUT2D eigenvalue weighted by Gasteiger charge is -2.11. The number of hydrogen-bond acceptors (Lipinski definition) is 7. The van der Waals surface area contributed by atoms with E-state index in [1.165, 1.54) is 6.33 Å². The van der Waals surface area contributed by atoms with Crippen LogP contribution in [0.15, 0.2) is 12.7 Å². The van der Waals surface area contributed by atoms with Gasteiger partial charge in [-0.15, -0.1) is 0 Å². The van der Waals surface area contributed by atoms with Crippen LogP contribution in [0.2, 0.25) is 0 Å². The standard InChI is InChI=1S/C9H11N5O3/c10-8-7-9(12-3-11-8)14(4-13-7)5-2-16-6(1-15)17-5/h3-6,15H,1-2H2,(H2,10,11,12)/t5?,6-/m0/s1. The van der Waals surface area contributed by atoms with Gasteiger partial charge in [0.25, 0.3) is 0 Å². The number of nitrogens with two attached hydrogens (primary N) is 1. The second kappa shape index (κ2) is 3.91. The average Bonchev–Trinajstić information content (AvgIpc) is 2.94. The molecule has 8 nitrogen and oxygen atoms in total. The molecule has 90 valence electrons. The minimum atomic E-state index is -0.600. The van der Waals surface area contributed by atoms with Crippen LogP contribution in [0.5, 0.6) is 0 Å². The molecule has 0 spiro atoms. The summed E-state index contributed by atoms with van der Waals surface area (Å²) in [5, 5.41) is 8.92. The molecule has 1 fully saturated rings. The van der Waals surface area contributed by atoms with Gasteiger partial charge in [0, 0.05) is 0 Å². The highest BCUT2D eigenvalue weighted by Gasteiger charge is 2.28. The van der Waals surface area contributed by atoms with Crippen LogP contribution in [0, 0.1) is 0 Å². The van der Waals surface area contributed by atoms with E-state index in [9.17, 15) is 0 Å². The van der Waals surface area contributed by atoms with Crippen LogP contribution in [-0.2, 0) is 9.47 Å². The van der Waals surface area contributed by atoms with Gasteiger partial charge < -0.3 is 20.3 Å². The maximum Gasteiger partial charge on any atom is 0.183 e. The Morgan fingerprint density at radius 1 is 1.47 bits per heavy atom. The van der Waals surface area contributed by atoms with Gasteiger partial charge in [0.15, 0.2) is 24.0 Å². The molecular weight excluding hydrogens is 226 g/mol. The molecule has 0 bridgehead atoms. The number of nitrogens with zero attached hydrogens (tertiary/aromatic N) is 4. The molecule has 8 heteroatoms. The molecule has 0 aliphatic carbocycles. The zero-order valence-electron chi connectivity index (χ0n) is 8.85. The zero-order chi connectivity index (χ0) is 11.8. The van der Waals surface area contributed by atoms with E-state index in [-0.39, 0.29) is 12.8 Å². The number of nitrogen functional groups attached to an aromatic ring is 1. The summed E-state index contributed by atoms with van der Waals surface area (Å²) in [5.74, 6) is 0.325. The fraction of sp³-hybridized carbons (Fsp3) is 0.444. The second-order valence-electron chi connectivity index (χ2n) is 3.62. The number of rotatable bonds is 2. The first kappa shape index (κ1) is 10.4. The third-order valence-electron chi connectivity index (χ3n) is 2.58. The lowest BCUT2D eigenvalue weighted by Crippen LogP contribution is -2.15. The van der Waals surface area contributed by atoms with Gasteiger partial charge in [0.2, 0.25) is 0 Å². The predicted octanol–water partition coefficient (Wildman–Crippen LogP) is -0.728. The predicted molar refractivity (Wildman–Crippen MR) is 56.7 cm³/mol. The molecule has 1 aliphatic heterocycles. The molecule has 0 aromatic carbocycles. The van der Waals surface area contributed by atoms with Crippen LogP contribution in [0.4, 0.5) is 5.82 Å². The van der Waals surface area contributed by atoms with Crippen molar-refractivity contribution in [2.75, 3.05) is 18.9 Å². The molecule has 3 heterocycles. The molecule has 3 rings (SSSR count). The molecule has 0 radical (unpaired) electrons. The summed E-state index contributed by atoms with van der Waals surface area (Å²) in [6.07, 6.45) is 1.99. The van der Waals surface area contributed by atoms with Crippen LogP contribution >= 0.6 is 0 Å². The van der Waals surface area contributed by atoms with Gasteiger partial charge in [-0.05, 0) is 0 Å². The van der Waals surface area contributed by atoms with Crippen molar-refractivity contribution in [3.8, 4) is 0 Å². The van der Waals surface area contributed by atoms with Crippen molar-refractivity contribution in [1.29, 1.82) is 0 Å². The normalized spacial score (nSPS) is 24.5. The fourth-order valence-electron chi connectivity index (χ4n) is 1.77. The number of fused-ring (bicyclic) bond motifs is 1. The largest absolute Gasteiger partial charge is 0.391 e. The van der Waals surface area contributed by atoms with E-state index in [2.05, 4.69) is 15.0 Å². The summed E-state index contributed by atoms with van der Waals surface area (Å²) < 4.78 is 12.4. The molecule has 2 aromatic heterocycles. The Labute approximate surface area is 96.0 Å². The van der Waals surface area contributed by atoms with Crippen molar-refractivity contribution in [3.63, 3.8) is 0 Å². The zero-order valence-corrected chi connectivity index (χ0v) is 8.85. The molecule has 0 saturated carbocycles. The molecule has 2 atom stereocenters. The topological polar surface area (TPSA) is 108 Å². The van der Waals surface area contributed by atoms with Crippen molar-refractivity contribution in [1.82, 2.24) is 19.5 Å².